The molecule has 0 aliphatic carbocycles. The van der Waals surface area contributed by atoms with Gasteiger partial charge in [0.05, 0.1) is 12.3 Å². The van der Waals surface area contributed by atoms with E-state index in [2.05, 4.69) is 16.3 Å². The molecule has 0 fully saturated rings. The second-order valence-corrected chi connectivity index (χ2v) is 3.55. The minimum atomic E-state index is 0.0585. The third-order valence-corrected chi connectivity index (χ3v) is 2.47. The number of ether oxygens (including phenoxy) is 1. The van der Waals surface area contributed by atoms with Gasteiger partial charge in [-0.25, -0.2) is 0 Å². The number of aromatic nitrogens is 2. The van der Waals surface area contributed by atoms with Crippen molar-refractivity contribution in [1.82, 2.24) is 10.2 Å². The molecule has 0 saturated carbocycles. The van der Waals surface area contributed by atoms with Gasteiger partial charge in [-0.3, -0.25) is 0 Å². The Morgan fingerprint density at radius 3 is 2.59 bits per heavy atom. The Balaban J connectivity index is 3.02. The zero-order valence-corrected chi connectivity index (χ0v) is 10.2. The van der Waals surface area contributed by atoms with E-state index in [1.165, 1.54) is 0 Å². The molecule has 5 nitrogen and oxygen atoms in total. The first-order valence-corrected chi connectivity index (χ1v) is 5.80. The average molecular weight is 235 g/mol. The van der Waals surface area contributed by atoms with Crippen molar-refractivity contribution in [2.75, 3.05) is 13.2 Å². The number of nitriles is 1. The number of hydrogen-bond donors (Lipinski definition) is 1. The maximum absolute atomic E-state index is 9.16. The number of aryl methyl sites for hydroxylation is 1. The molecule has 0 amide bonds. The summed E-state index contributed by atoms with van der Waals surface area (Å²) >= 11 is 0. The molecular formula is C12H17N3O2. The van der Waals surface area contributed by atoms with E-state index in [4.69, 9.17) is 15.1 Å². The van der Waals surface area contributed by atoms with Crippen molar-refractivity contribution >= 4 is 0 Å². The normalized spacial score (nSPS) is 10.0. The second kappa shape index (κ2) is 6.81. The van der Waals surface area contributed by atoms with Crippen LogP contribution >= 0.6 is 0 Å². The van der Waals surface area contributed by atoms with E-state index in [-0.39, 0.29) is 12.5 Å². The molecule has 0 radical (unpaired) electrons. The molecular weight excluding hydrogens is 218 g/mol. The van der Waals surface area contributed by atoms with Gasteiger partial charge < -0.3 is 9.84 Å². The second-order valence-electron chi connectivity index (χ2n) is 3.55. The van der Waals surface area contributed by atoms with Crippen LogP contribution in [-0.2, 0) is 12.8 Å². The summed E-state index contributed by atoms with van der Waals surface area (Å²) in [6.07, 6.45) is 2.00. The molecule has 0 unspecified atom stereocenters. The van der Waals surface area contributed by atoms with Crippen molar-refractivity contribution in [3.63, 3.8) is 0 Å². The molecule has 0 saturated heterocycles. The summed E-state index contributed by atoms with van der Waals surface area (Å²) in [7, 11) is 0. The van der Waals surface area contributed by atoms with Gasteiger partial charge in [0.2, 0.25) is 0 Å². The fourth-order valence-electron chi connectivity index (χ4n) is 1.60. The maximum atomic E-state index is 9.16. The van der Waals surface area contributed by atoms with E-state index in [1.54, 1.807) is 0 Å². The van der Waals surface area contributed by atoms with Crippen molar-refractivity contribution < 1.29 is 9.84 Å². The molecule has 0 aliphatic rings. The van der Waals surface area contributed by atoms with Gasteiger partial charge >= 0.3 is 0 Å². The van der Waals surface area contributed by atoms with Crippen LogP contribution in [0.1, 0.15) is 37.1 Å². The Kier molecular flexibility index (Phi) is 5.37. The lowest BCUT2D eigenvalue weighted by Crippen LogP contribution is -2.08. The molecule has 0 aromatic carbocycles. The summed E-state index contributed by atoms with van der Waals surface area (Å²) < 4.78 is 5.35. The lowest BCUT2D eigenvalue weighted by molar-refractivity contribution is 0.227. The molecule has 0 aliphatic heterocycles. The molecule has 5 heteroatoms. The minimum Gasteiger partial charge on any atom is -0.476 e. The highest BCUT2D eigenvalue weighted by Gasteiger charge is 2.14. The van der Waals surface area contributed by atoms with E-state index in [9.17, 15) is 0 Å². The highest BCUT2D eigenvalue weighted by Crippen LogP contribution is 2.21. The quantitative estimate of drug-likeness (QED) is 0.750. The molecule has 1 aromatic heterocycles. The Labute approximate surface area is 101 Å². The highest BCUT2D eigenvalue weighted by molar-refractivity contribution is 5.46. The van der Waals surface area contributed by atoms with Crippen LogP contribution < -0.4 is 4.74 Å². The van der Waals surface area contributed by atoms with Crippen LogP contribution in [0.25, 0.3) is 0 Å². The third kappa shape index (κ3) is 3.14. The average Bonchev–Trinajstić information content (AvgIpc) is 2.38. The smallest absolute Gasteiger partial charge is 0.251 e. The van der Waals surface area contributed by atoms with Gasteiger partial charge in [-0.2, -0.15) is 10.4 Å². The number of nitrogens with zero attached hydrogens (tertiary/aromatic N) is 3. The lowest BCUT2D eigenvalue weighted by Gasteiger charge is -2.10. The van der Waals surface area contributed by atoms with Gasteiger partial charge in [0.15, 0.2) is 0 Å². The SMILES string of the molecule is CCc1nnc(OCCCO)c(C#N)c1CC. The molecule has 0 bridgehead atoms. The van der Waals surface area contributed by atoms with Gasteiger partial charge in [0.1, 0.15) is 11.6 Å². The summed E-state index contributed by atoms with van der Waals surface area (Å²) in [6, 6.07) is 2.13. The first-order valence-electron chi connectivity index (χ1n) is 5.80. The predicted octanol–water partition coefficient (Wildman–Crippen LogP) is 1.23. The summed E-state index contributed by atoms with van der Waals surface area (Å²) in [5.74, 6) is 0.273. The molecule has 1 heterocycles. The van der Waals surface area contributed by atoms with Gasteiger partial charge in [0, 0.05) is 13.0 Å². The van der Waals surface area contributed by atoms with Gasteiger partial charge in [-0.15, -0.1) is 5.10 Å². The highest BCUT2D eigenvalue weighted by atomic mass is 16.5. The molecule has 1 N–H and O–H groups in total. The van der Waals surface area contributed by atoms with Crippen LogP contribution in [0.4, 0.5) is 0 Å². The van der Waals surface area contributed by atoms with E-state index >= 15 is 0 Å². The van der Waals surface area contributed by atoms with Crippen LogP contribution in [0, 0.1) is 11.3 Å². The van der Waals surface area contributed by atoms with Crippen molar-refractivity contribution in [3.8, 4) is 11.9 Å². The monoisotopic (exact) mass is 235 g/mol. The first-order chi connectivity index (χ1) is 8.28. The van der Waals surface area contributed by atoms with E-state index < -0.39 is 0 Å². The number of aliphatic hydroxyl groups excluding tert-OH is 1. The Morgan fingerprint density at radius 2 is 2.06 bits per heavy atom. The minimum absolute atomic E-state index is 0.0585. The number of aliphatic hydroxyl groups is 1. The van der Waals surface area contributed by atoms with Gasteiger partial charge in [0.25, 0.3) is 5.88 Å². The summed E-state index contributed by atoms with van der Waals surface area (Å²) in [5, 5.41) is 25.8. The molecule has 17 heavy (non-hydrogen) atoms. The molecule has 0 atom stereocenters. The summed E-state index contributed by atoms with van der Waals surface area (Å²) in [6.45, 7) is 4.36. The maximum Gasteiger partial charge on any atom is 0.251 e. The van der Waals surface area contributed by atoms with Crippen molar-refractivity contribution in [1.29, 1.82) is 5.26 Å². The summed E-state index contributed by atoms with van der Waals surface area (Å²) in [5.41, 5.74) is 2.22. The Bertz CT molecular complexity index is 413. The standard InChI is InChI=1S/C12H17N3O2/c1-3-9-10(8-13)12(17-7-5-6-16)15-14-11(9)4-2/h16H,3-7H2,1-2H3. The van der Waals surface area contributed by atoms with Gasteiger partial charge in [-0.1, -0.05) is 13.8 Å². The van der Waals surface area contributed by atoms with E-state index in [0.717, 1.165) is 24.1 Å². The lowest BCUT2D eigenvalue weighted by atomic mass is 10.0. The molecule has 0 spiro atoms. The predicted molar refractivity (Wildman–Crippen MR) is 62.7 cm³/mol. The van der Waals surface area contributed by atoms with Gasteiger partial charge in [-0.05, 0) is 18.4 Å². The largest absolute Gasteiger partial charge is 0.476 e. The van der Waals surface area contributed by atoms with Crippen LogP contribution in [0.3, 0.4) is 0 Å². The number of rotatable bonds is 6. The zero-order chi connectivity index (χ0) is 12.7. The fourth-order valence-corrected chi connectivity index (χ4v) is 1.60. The van der Waals surface area contributed by atoms with Crippen molar-refractivity contribution in [2.45, 2.75) is 33.1 Å². The van der Waals surface area contributed by atoms with Crippen molar-refractivity contribution in [2.24, 2.45) is 0 Å². The van der Waals surface area contributed by atoms with E-state index in [1.807, 2.05) is 13.8 Å². The molecule has 1 aromatic rings. The topological polar surface area (TPSA) is 79.0 Å². The van der Waals surface area contributed by atoms with Crippen molar-refractivity contribution in [3.05, 3.63) is 16.8 Å². The van der Waals surface area contributed by atoms with Crippen LogP contribution in [0.15, 0.2) is 0 Å². The summed E-state index contributed by atoms with van der Waals surface area (Å²) in [4.78, 5) is 0. The Morgan fingerprint density at radius 1 is 1.29 bits per heavy atom. The first kappa shape index (κ1) is 13.4. The van der Waals surface area contributed by atoms with Crippen LogP contribution in [0.5, 0.6) is 5.88 Å². The third-order valence-electron chi connectivity index (χ3n) is 2.47. The molecule has 1 rings (SSSR count). The molecule has 92 valence electrons. The van der Waals surface area contributed by atoms with Crippen LogP contribution in [0.2, 0.25) is 0 Å². The zero-order valence-electron chi connectivity index (χ0n) is 10.2. The van der Waals surface area contributed by atoms with Crippen LogP contribution in [-0.4, -0.2) is 28.5 Å². The number of hydrogen-bond acceptors (Lipinski definition) is 5. The fraction of sp³-hybridized carbons (Fsp3) is 0.583. The Hall–Kier alpha value is -1.67. The van der Waals surface area contributed by atoms with E-state index in [0.29, 0.717) is 18.6 Å².